The number of thiophene rings is 1. The Morgan fingerprint density at radius 2 is 2.38 bits per heavy atom. The van der Waals surface area contributed by atoms with Gasteiger partial charge >= 0.3 is 0 Å². The minimum atomic E-state index is 0.0652. The molecule has 0 aliphatic heterocycles. The first-order valence-electron chi connectivity index (χ1n) is 4.63. The highest BCUT2D eigenvalue weighted by Gasteiger charge is 2.11. The third-order valence-electron chi connectivity index (χ3n) is 2.12. The number of ketones is 1. The second-order valence-corrected chi connectivity index (χ2v) is 5.10. The van der Waals surface area contributed by atoms with E-state index in [1.54, 1.807) is 12.3 Å². The van der Waals surface area contributed by atoms with Gasteiger partial charge in [-0.15, -0.1) is 11.3 Å². The van der Waals surface area contributed by atoms with E-state index in [0.29, 0.717) is 12.2 Å². The van der Waals surface area contributed by atoms with E-state index in [4.69, 9.17) is 5.73 Å². The summed E-state index contributed by atoms with van der Waals surface area (Å²) >= 11 is 4.75. The molecule has 2 rings (SSSR count). The van der Waals surface area contributed by atoms with E-state index in [1.165, 1.54) is 11.3 Å². The lowest BCUT2D eigenvalue weighted by atomic mass is 10.1. The van der Waals surface area contributed by atoms with E-state index in [1.807, 2.05) is 17.5 Å². The number of rotatable bonds is 3. The molecule has 0 unspecified atom stereocenters. The molecule has 0 aromatic carbocycles. The summed E-state index contributed by atoms with van der Waals surface area (Å²) in [5.41, 5.74) is 6.46. The fourth-order valence-corrected chi connectivity index (χ4v) is 2.69. The van der Waals surface area contributed by atoms with Crippen LogP contribution in [0.5, 0.6) is 0 Å². The molecule has 2 aromatic rings. The van der Waals surface area contributed by atoms with Gasteiger partial charge in [0.2, 0.25) is 0 Å². The largest absolute Gasteiger partial charge is 0.383 e. The molecule has 2 aromatic heterocycles. The minimum Gasteiger partial charge on any atom is -0.383 e. The highest BCUT2D eigenvalue weighted by molar-refractivity contribution is 9.10. The van der Waals surface area contributed by atoms with Crippen LogP contribution in [0.25, 0.3) is 0 Å². The maximum absolute atomic E-state index is 11.9. The van der Waals surface area contributed by atoms with Gasteiger partial charge < -0.3 is 5.73 Å². The second kappa shape index (κ2) is 4.76. The first-order valence-corrected chi connectivity index (χ1v) is 6.30. The summed E-state index contributed by atoms with van der Waals surface area (Å²) in [6.45, 7) is 0. The van der Waals surface area contributed by atoms with Crippen LogP contribution in [0.2, 0.25) is 0 Å². The van der Waals surface area contributed by atoms with Crippen molar-refractivity contribution in [1.82, 2.24) is 4.98 Å². The average Bonchev–Trinajstić information content (AvgIpc) is 2.68. The van der Waals surface area contributed by atoms with Gasteiger partial charge in [0.25, 0.3) is 0 Å². The zero-order valence-corrected chi connectivity index (χ0v) is 10.7. The lowest BCUT2D eigenvalue weighted by Gasteiger charge is -2.01. The summed E-state index contributed by atoms with van der Waals surface area (Å²) in [6.07, 6.45) is 1.91. The molecule has 3 nitrogen and oxygen atoms in total. The smallest absolute Gasteiger partial charge is 0.177 e. The Kier molecular flexibility index (Phi) is 3.36. The van der Waals surface area contributed by atoms with E-state index in [2.05, 4.69) is 20.9 Å². The number of Topliss-reactive ketones (excluding diaryl/α,β-unsaturated/α-hetero) is 1. The van der Waals surface area contributed by atoms with Crippen molar-refractivity contribution < 1.29 is 4.79 Å². The summed E-state index contributed by atoms with van der Waals surface area (Å²) in [4.78, 5) is 16.6. The number of pyridine rings is 1. The standard InChI is InChI=1S/C11H9BrN2OS/c12-8-5-10(16-6-8)9(15)4-7-2-1-3-14-11(7)13/h1-3,5-6H,4H2,(H2,13,14). The Morgan fingerprint density at radius 1 is 1.56 bits per heavy atom. The number of nitrogens with zero attached hydrogens (tertiary/aromatic N) is 1. The molecule has 0 radical (unpaired) electrons. The van der Waals surface area contributed by atoms with Crippen LogP contribution < -0.4 is 5.73 Å². The average molecular weight is 297 g/mol. The van der Waals surface area contributed by atoms with Gasteiger partial charge in [0.15, 0.2) is 5.78 Å². The van der Waals surface area contributed by atoms with Crippen molar-refractivity contribution >= 4 is 38.9 Å². The van der Waals surface area contributed by atoms with Gasteiger partial charge in [-0.2, -0.15) is 0 Å². The van der Waals surface area contributed by atoms with Gasteiger partial charge in [-0.25, -0.2) is 4.98 Å². The fraction of sp³-hybridized carbons (Fsp3) is 0.0909. The SMILES string of the molecule is Nc1ncccc1CC(=O)c1cc(Br)cs1. The number of nitrogen functional groups attached to an aromatic ring is 1. The van der Waals surface area contributed by atoms with E-state index in [0.717, 1.165) is 14.9 Å². The van der Waals surface area contributed by atoms with Crippen LogP contribution >= 0.6 is 27.3 Å². The van der Waals surface area contributed by atoms with Crippen molar-refractivity contribution in [2.75, 3.05) is 5.73 Å². The van der Waals surface area contributed by atoms with Crippen molar-refractivity contribution in [2.24, 2.45) is 0 Å². The van der Waals surface area contributed by atoms with Gasteiger partial charge in [0.1, 0.15) is 5.82 Å². The molecule has 0 bridgehead atoms. The molecule has 16 heavy (non-hydrogen) atoms. The van der Waals surface area contributed by atoms with Crippen LogP contribution in [0, 0.1) is 0 Å². The Hall–Kier alpha value is -1.20. The summed E-state index contributed by atoms with van der Waals surface area (Å²) in [5, 5.41) is 1.89. The summed E-state index contributed by atoms with van der Waals surface area (Å²) in [5.74, 6) is 0.488. The Bertz CT molecular complexity index is 524. The van der Waals surface area contributed by atoms with Crippen LogP contribution in [0.15, 0.2) is 34.2 Å². The van der Waals surface area contributed by atoms with E-state index < -0.39 is 0 Å². The number of aromatic nitrogens is 1. The molecule has 0 amide bonds. The third-order valence-corrected chi connectivity index (χ3v) is 3.85. The highest BCUT2D eigenvalue weighted by atomic mass is 79.9. The topological polar surface area (TPSA) is 56.0 Å². The molecule has 0 atom stereocenters. The highest BCUT2D eigenvalue weighted by Crippen LogP contribution is 2.22. The fourth-order valence-electron chi connectivity index (χ4n) is 1.32. The zero-order chi connectivity index (χ0) is 11.5. The number of nitrogens with two attached hydrogens (primary N) is 1. The van der Waals surface area contributed by atoms with Crippen LogP contribution in [0.4, 0.5) is 5.82 Å². The Balaban J connectivity index is 2.17. The molecule has 0 aliphatic carbocycles. The molecule has 2 heterocycles. The predicted molar refractivity (Wildman–Crippen MR) is 68.7 cm³/mol. The normalized spacial score (nSPS) is 10.3. The Morgan fingerprint density at radius 3 is 3.00 bits per heavy atom. The number of carbonyl (C=O) groups is 1. The van der Waals surface area contributed by atoms with Crippen molar-refractivity contribution in [3.63, 3.8) is 0 Å². The number of hydrogen-bond donors (Lipinski definition) is 1. The molecule has 0 fully saturated rings. The summed E-state index contributed by atoms with van der Waals surface area (Å²) < 4.78 is 0.931. The second-order valence-electron chi connectivity index (χ2n) is 3.28. The zero-order valence-electron chi connectivity index (χ0n) is 8.31. The summed E-state index contributed by atoms with van der Waals surface area (Å²) in [6, 6.07) is 5.42. The molecular formula is C11H9BrN2OS. The monoisotopic (exact) mass is 296 g/mol. The first-order chi connectivity index (χ1) is 7.66. The maximum atomic E-state index is 11.9. The lowest BCUT2D eigenvalue weighted by Crippen LogP contribution is -2.05. The van der Waals surface area contributed by atoms with Crippen molar-refractivity contribution in [3.8, 4) is 0 Å². The van der Waals surface area contributed by atoms with E-state index >= 15 is 0 Å². The molecule has 0 spiro atoms. The first kappa shape index (κ1) is 11.3. The molecule has 2 N–H and O–H groups in total. The van der Waals surface area contributed by atoms with Crippen molar-refractivity contribution in [2.45, 2.75) is 6.42 Å². The molecule has 0 saturated heterocycles. The van der Waals surface area contributed by atoms with Gasteiger partial charge in [-0.1, -0.05) is 6.07 Å². The van der Waals surface area contributed by atoms with Gasteiger partial charge in [-0.05, 0) is 28.1 Å². The number of carbonyl (C=O) groups excluding carboxylic acids is 1. The molecule has 0 aliphatic rings. The van der Waals surface area contributed by atoms with Crippen molar-refractivity contribution in [3.05, 3.63) is 44.7 Å². The van der Waals surface area contributed by atoms with Crippen LogP contribution in [-0.2, 0) is 6.42 Å². The third kappa shape index (κ3) is 2.48. The lowest BCUT2D eigenvalue weighted by molar-refractivity contribution is 0.0997. The minimum absolute atomic E-state index is 0.0652. The Labute approximate surface area is 105 Å². The number of hydrogen-bond acceptors (Lipinski definition) is 4. The number of anilines is 1. The molecular weight excluding hydrogens is 288 g/mol. The van der Waals surface area contributed by atoms with Gasteiger partial charge in [-0.3, -0.25) is 4.79 Å². The van der Waals surface area contributed by atoms with Crippen LogP contribution in [0.3, 0.4) is 0 Å². The van der Waals surface area contributed by atoms with Crippen LogP contribution in [-0.4, -0.2) is 10.8 Å². The van der Waals surface area contributed by atoms with E-state index in [-0.39, 0.29) is 5.78 Å². The number of halogens is 1. The predicted octanol–water partition coefficient (Wildman–Crippen LogP) is 2.91. The molecule has 82 valence electrons. The van der Waals surface area contributed by atoms with Gasteiger partial charge in [0, 0.05) is 28.0 Å². The van der Waals surface area contributed by atoms with Crippen LogP contribution in [0.1, 0.15) is 15.2 Å². The summed E-state index contributed by atoms with van der Waals surface area (Å²) in [7, 11) is 0. The van der Waals surface area contributed by atoms with Gasteiger partial charge in [0.05, 0.1) is 4.88 Å². The molecule has 5 heteroatoms. The van der Waals surface area contributed by atoms with Crippen molar-refractivity contribution in [1.29, 1.82) is 0 Å². The molecule has 0 saturated carbocycles. The van der Waals surface area contributed by atoms with E-state index in [9.17, 15) is 4.79 Å². The maximum Gasteiger partial charge on any atom is 0.177 e. The quantitative estimate of drug-likeness (QED) is 0.886.